The van der Waals surface area contributed by atoms with E-state index in [4.69, 9.17) is 9.88 Å². The van der Waals surface area contributed by atoms with Crippen LogP contribution in [0.5, 0.6) is 5.75 Å². The van der Waals surface area contributed by atoms with Crippen molar-refractivity contribution in [2.24, 2.45) is 11.1 Å². The van der Waals surface area contributed by atoms with Gasteiger partial charge in [0.05, 0.1) is 23.0 Å². The second-order valence-electron chi connectivity index (χ2n) is 6.21. The van der Waals surface area contributed by atoms with Crippen LogP contribution in [0.25, 0.3) is 0 Å². The maximum atomic E-state index is 11.5. The normalized spacial score (nSPS) is 15.3. The maximum absolute atomic E-state index is 11.5. The molecule has 0 saturated heterocycles. The highest BCUT2D eigenvalue weighted by molar-refractivity contribution is 7.89. The molecule has 1 atom stereocenters. The Morgan fingerprint density at radius 1 is 1.23 bits per heavy atom. The molecule has 1 aliphatic carbocycles. The quantitative estimate of drug-likeness (QED) is 0.565. The van der Waals surface area contributed by atoms with Crippen LogP contribution in [-0.4, -0.2) is 20.5 Å². The van der Waals surface area contributed by atoms with E-state index in [-0.39, 0.29) is 22.3 Å². The van der Waals surface area contributed by atoms with Gasteiger partial charge in [-0.1, -0.05) is 12.1 Å². The van der Waals surface area contributed by atoms with Gasteiger partial charge in [-0.2, -0.15) is 0 Å². The number of rotatable bonds is 7. The molecule has 2 aromatic carbocycles. The molecule has 0 amide bonds. The monoisotopic (exact) mass is 377 g/mol. The second kappa shape index (κ2) is 6.93. The predicted molar refractivity (Wildman–Crippen MR) is 96.6 cm³/mol. The zero-order valence-corrected chi connectivity index (χ0v) is 14.9. The van der Waals surface area contributed by atoms with Crippen LogP contribution in [0, 0.1) is 16.0 Å². The number of ether oxygens (including phenoxy) is 1. The first-order valence-electron chi connectivity index (χ1n) is 8.01. The van der Waals surface area contributed by atoms with Crippen LogP contribution in [-0.2, 0) is 10.0 Å². The summed E-state index contributed by atoms with van der Waals surface area (Å²) in [5.74, 6) is 1.09. The Hall–Kier alpha value is -2.65. The lowest BCUT2D eigenvalue weighted by molar-refractivity contribution is -0.384. The summed E-state index contributed by atoms with van der Waals surface area (Å²) < 4.78 is 28.1. The third kappa shape index (κ3) is 3.94. The molecule has 1 saturated carbocycles. The summed E-state index contributed by atoms with van der Waals surface area (Å²) in [6.45, 7) is 0. The lowest BCUT2D eigenvalue weighted by Crippen LogP contribution is -2.15. The minimum Gasteiger partial charge on any atom is -0.497 e. The number of nitrogens with two attached hydrogens (primary N) is 1. The first-order valence-corrected chi connectivity index (χ1v) is 9.56. The van der Waals surface area contributed by atoms with Gasteiger partial charge in [0.15, 0.2) is 0 Å². The topological polar surface area (TPSA) is 125 Å². The third-order valence-electron chi connectivity index (χ3n) is 4.37. The highest BCUT2D eigenvalue weighted by atomic mass is 32.2. The second-order valence-corrected chi connectivity index (χ2v) is 7.78. The van der Waals surface area contributed by atoms with Crippen molar-refractivity contribution in [2.75, 3.05) is 12.4 Å². The Morgan fingerprint density at radius 2 is 1.88 bits per heavy atom. The van der Waals surface area contributed by atoms with Crippen molar-refractivity contribution in [3.8, 4) is 5.75 Å². The summed E-state index contributed by atoms with van der Waals surface area (Å²) in [6, 6.07) is 11.0. The zero-order valence-electron chi connectivity index (χ0n) is 14.1. The Morgan fingerprint density at radius 3 is 2.38 bits per heavy atom. The van der Waals surface area contributed by atoms with Gasteiger partial charge in [0.1, 0.15) is 11.4 Å². The van der Waals surface area contributed by atoms with Gasteiger partial charge in [0.25, 0.3) is 5.69 Å². The van der Waals surface area contributed by atoms with E-state index in [1.807, 2.05) is 24.3 Å². The molecule has 2 aromatic rings. The van der Waals surface area contributed by atoms with Gasteiger partial charge in [-0.25, -0.2) is 13.6 Å². The molecule has 0 radical (unpaired) electrons. The Bertz CT molecular complexity index is 924. The van der Waals surface area contributed by atoms with Crippen molar-refractivity contribution in [3.63, 3.8) is 0 Å². The van der Waals surface area contributed by atoms with E-state index >= 15 is 0 Å². The van der Waals surface area contributed by atoms with E-state index in [1.54, 1.807) is 7.11 Å². The number of nitrogens with zero attached hydrogens (tertiary/aromatic N) is 1. The molecule has 1 aliphatic rings. The smallest absolute Gasteiger partial charge is 0.293 e. The highest BCUT2D eigenvalue weighted by Crippen LogP contribution is 2.44. The average Bonchev–Trinajstić information content (AvgIpc) is 3.43. The van der Waals surface area contributed by atoms with Gasteiger partial charge in [0, 0.05) is 6.07 Å². The number of primary sulfonamides is 1. The lowest BCUT2D eigenvalue weighted by Gasteiger charge is -2.20. The summed E-state index contributed by atoms with van der Waals surface area (Å²) in [4.78, 5) is 10.5. The number of nitro benzene ring substituents is 1. The molecule has 0 aromatic heterocycles. The molecule has 26 heavy (non-hydrogen) atoms. The molecule has 3 rings (SSSR count). The predicted octanol–water partition coefficient (Wildman–Crippen LogP) is 2.81. The highest BCUT2D eigenvalue weighted by Gasteiger charge is 2.33. The van der Waals surface area contributed by atoms with E-state index < -0.39 is 14.9 Å². The number of hydrogen-bond donors (Lipinski definition) is 2. The maximum Gasteiger partial charge on any atom is 0.293 e. The fourth-order valence-corrected chi connectivity index (χ4v) is 3.38. The summed E-state index contributed by atoms with van der Waals surface area (Å²) in [5, 5.41) is 19.7. The van der Waals surface area contributed by atoms with Crippen molar-refractivity contribution < 1.29 is 18.1 Å². The number of sulfonamides is 1. The first kappa shape index (κ1) is 18.2. The lowest BCUT2D eigenvalue weighted by atomic mass is 10.0. The Kier molecular flexibility index (Phi) is 4.84. The zero-order chi connectivity index (χ0) is 18.9. The summed E-state index contributed by atoms with van der Waals surface area (Å²) in [6.07, 6.45) is 2.04. The van der Waals surface area contributed by atoms with Crippen LogP contribution in [0.3, 0.4) is 0 Å². The number of benzene rings is 2. The van der Waals surface area contributed by atoms with E-state index in [0.29, 0.717) is 5.92 Å². The van der Waals surface area contributed by atoms with Crippen molar-refractivity contribution in [2.45, 2.75) is 23.8 Å². The van der Waals surface area contributed by atoms with Crippen LogP contribution in [0.2, 0.25) is 0 Å². The van der Waals surface area contributed by atoms with Crippen LogP contribution in [0.1, 0.15) is 24.4 Å². The Labute approximate surface area is 151 Å². The third-order valence-corrected chi connectivity index (χ3v) is 5.28. The molecule has 3 N–H and O–H groups in total. The van der Waals surface area contributed by atoms with Gasteiger partial charge >= 0.3 is 0 Å². The van der Waals surface area contributed by atoms with E-state index in [2.05, 4.69) is 5.32 Å². The van der Waals surface area contributed by atoms with E-state index in [0.717, 1.165) is 30.2 Å². The largest absolute Gasteiger partial charge is 0.497 e. The molecule has 0 heterocycles. The van der Waals surface area contributed by atoms with Crippen molar-refractivity contribution in [1.29, 1.82) is 0 Å². The van der Waals surface area contributed by atoms with Crippen LogP contribution >= 0.6 is 0 Å². The SMILES string of the molecule is COc1ccc(C(Nc2ccc(S(N)(=O)=O)cc2[N+](=O)[O-])C2CC2)cc1. The Balaban J connectivity index is 1.95. The average molecular weight is 377 g/mol. The first-order chi connectivity index (χ1) is 12.3. The molecule has 0 spiro atoms. The molecule has 138 valence electrons. The number of anilines is 1. The summed E-state index contributed by atoms with van der Waals surface area (Å²) >= 11 is 0. The van der Waals surface area contributed by atoms with Crippen LogP contribution in [0.15, 0.2) is 47.4 Å². The number of nitro groups is 1. The molecular formula is C17H19N3O5S. The van der Waals surface area contributed by atoms with Crippen molar-refractivity contribution in [1.82, 2.24) is 0 Å². The summed E-state index contributed by atoms with van der Waals surface area (Å²) in [5.41, 5.74) is 0.920. The fourth-order valence-electron chi connectivity index (χ4n) is 2.84. The van der Waals surface area contributed by atoms with Crippen LogP contribution in [0.4, 0.5) is 11.4 Å². The minimum atomic E-state index is -4.01. The van der Waals surface area contributed by atoms with Gasteiger partial charge in [0.2, 0.25) is 10.0 Å². The van der Waals surface area contributed by atoms with Crippen molar-refractivity contribution >= 4 is 21.4 Å². The molecule has 9 heteroatoms. The standard InChI is InChI=1S/C17H19N3O5S/c1-25-13-6-4-12(5-7-13)17(11-2-3-11)19-15-9-8-14(26(18,23)24)10-16(15)20(21)22/h4-11,17,19H,2-3H2,1H3,(H2,18,23,24). The van der Waals surface area contributed by atoms with Crippen LogP contribution < -0.4 is 15.2 Å². The van der Waals surface area contributed by atoms with Gasteiger partial charge in [-0.15, -0.1) is 0 Å². The molecule has 1 fully saturated rings. The number of hydrogen-bond acceptors (Lipinski definition) is 6. The van der Waals surface area contributed by atoms with Gasteiger partial charge in [-0.3, -0.25) is 10.1 Å². The number of methoxy groups -OCH3 is 1. The molecule has 0 bridgehead atoms. The fraction of sp³-hybridized carbons (Fsp3) is 0.294. The van der Waals surface area contributed by atoms with Gasteiger partial charge < -0.3 is 10.1 Å². The molecule has 8 nitrogen and oxygen atoms in total. The van der Waals surface area contributed by atoms with E-state index in [1.165, 1.54) is 12.1 Å². The van der Waals surface area contributed by atoms with Crippen molar-refractivity contribution in [3.05, 3.63) is 58.1 Å². The van der Waals surface area contributed by atoms with E-state index in [9.17, 15) is 18.5 Å². The number of nitrogens with one attached hydrogen (secondary N) is 1. The molecule has 0 aliphatic heterocycles. The molecular weight excluding hydrogens is 358 g/mol. The minimum absolute atomic E-state index is 0.111. The molecule has 1 unspecified atom stereocenters. The van der Waals surface area contributed by atoms with Gasteiger partial charge in [-0.05, 0) is 48.6 Å². The summed E-state index contributed by atoms with van der Waals surface area (Å²) in [7, 11) is -2.43.